The average Bonchev–Trinajstić information content (AvgIpc) is 2.75. The molecule has 13 heteroatoms. The lowest BCUT2D eigenvalue weighted by molar-refractivity contribution is -0.143. The first-order valence-electron chi connectivity index (χ1n) is 10.7. The molecule has 2 atom stereocenters. The van der Waals surface area contributed by atoms with E-state index in [-0.39, 0.29) is 24.1 Å². The first kappa shape index (κ1) is 27.4. The zero-order chi connectivity index (χ0) is 27.0. The summed E-state index contributed by atoms with van der Waals surface area (Å²) in [6.45, 7) is 2.73. The largest absolute Gasteiger partial charge is 0.449 e. The fourth-order valence-electron chi connectivity index (χ4n) is 4.22. The van der Waals surface area contributed by atoms with Crippen LogP contribution in [0, 0.1) is 0 Å². The number of primary amides is 1. The molecule has 0 spiro atoms. The van der Waals surface area contributed by atoms with Gasteiger partial charge >= 0.3 is 24.5 Å². The van der Waals surface area contributed by atoms with Crippen LogP contribution in [-0.2, 0) is 23.6 Å². The second-order valence-electron chi connectivity index (χ2n) is 8.25. The third-order valence-corrected chi connectivity index (χ3v) is 5.97. The van der Waals surface area contributed by atoms with E-state index in [4.69, 9.17) is 22.1 Å². The van der Waals surface area contributed by atoms with Gasteiger partial charge in [0.25, 0.3) is 0 Å². The van der Waals surface area contributed by atoms with E-state index in [0.29, 0.717) is 23.4 Å². The number of alkyl halides is 6. The Morgan fingerprint density at radius 1 is 1.08 bits per heavy atom. The van der Waals surface area contributed by atoms with Gasteiger partial charge in [-0.3, -0.25) is 4.90 Å². The molecule has 0 saturated heterocycles. The molecule has 196 valence electrons. The highest BCUT2D eigenvalue weighted by molar-refractivity contribution is 6.30. The van der Waals surface area contributed by atoms with Crippen molar-refractivity contribution in [2.24, 2.45) is 5.73 Å². The standard InChI is InChI=1S/C23H22ClF6N3O3/c1-3-36-21(35)33-12(2)6-19(17-10-16(24)4-5-18(17)33)32(20(31)34)11-13-7-14(22(25,26)27)9-15(8-13)23(28,29)30/h4-5,7-10,12,19H,3,6,11H2,1-2H3,(H2,31,34). The van der Waals surface area contributed by atoms with Crippen LogP contribution in [0.25, 0.3) is 0 Å². The maximum Gasteiger partial charge on any atom is 0.416 e. The van der Waals surface area contributed by atoms with Gasteiger partial charge in [0.05, 0.1) is 29.5 Å². The van der Waals surface area contributed by atoms with Gasteiger partial charge < -0.3 is 15.4 Å². The van der Waals surface area contributed by atoms with Crippen LogP contribution >= 0.6 is 11.6 Å². The summed E-state index contributed by atoms with van der Waals surface area (Å²) < 4.78 is 85.1. The third-order valence-electron chi connectivity index (χ3n) is 5.74. The van der Waals surface area contributed by atoms with Gasteiger partial charge in [-0.1, -0.05) is 11.6 Å². The molecule has 1 aliphatic rings. The minimum Gasteiger partial charge on any atom is -0.449 e. The monoisotopic (exact) mass is 537 g/mol. The molecule has 0 aliphatic carbocycles. The van der Waals surface area contributed by atoms with Gasteiger partial charge in [0.15, 0.2) is 0 Å². The van der Waals surface area contributed by atoms with Crippen LogP contribution in [0.4, 0.5) is 41.6 Å². The summed E-state index contributed by atoms with van der Waals surface area (Å²) in [7, 11) is 0. The number of rotatable bonds is 4. The number of carbonyl (C=O) groups is 2. The highest BCUT2D eigenvalue weighted by Crippen LogP contribution is 2.43. The predicted octanol–water partition coefficient (Wildman–Crippen LogP) is 6.75. The van der Waals surface area contributed by atoms with Crippen LogP contribution in [0.3, 0.4) is 0 Å². The van der Waals surface area contributed by atoms with Gasteiger partial charge in [-0.05, 0) is 62.2 Å². The molecule has 3 rings (SSSR count). The van der Waals surface area contributed by atoms with Crippen LogP contribution in [0.1, 0.15) is 48.6 Å². The molecule has 36 heavy (non-hydrogen) atoms. The number of nitrogens with two attached hydrogens (primary N) is 1. The van der Waals surface area contributed by atoms with Crippen LogP contribution in [0.2, 0.25) is 5.02 Å². The molecule has 2 unspecified atom stereocenters. The Labute approximate surface area is 207 Å². The van der Waals surface area contributed by atoms with Crippen LogP contribution < -0.4 is 10.6 Å². The maximum absolute atomic E-state index is 13.3. The fraction of sp³-hybridized carbons (Fsp3) is 0.391. The van der Waals surface area contributed by atoms with Gasteiger partial charge in [-0.25, -0.2) is 9.59 Å². The molecule has 6 nitrogen and oxygen atoms in total. The van der Waals surface area contributed by atoms with Gasteiger partial charge in [0.2, 0.25) is 0 Å². The number of halogens is 7. The van der Waals surface area contributed by atoms with Crippen molar-refractivity contribution in [1.82, 2.24) is 4.90 Å². The first-order chi connectivity index (χ1) is 16.6. The van der Waals surface area contributed by atoms with E-state index in [9.17, 15) is 35.9 Å². The first-order valence-corrected chi connectivity index (χ1v) is 11.1. The predicted molar refractivity (Wildman–Crippen MR) is 119 cm³/mol. The summed E-state index contributed by atoms with van der Waals surface area (Å²) in [6, 6.07) is 3.03. The Balaban J connectivity index is 2.09. The van der Waals surface area contributed by atoms with Crippen molar-refractivity contribution in [3.63, 3.8) is 0 Å². The molecule has 0 aromatic heterocycles. The Morgan fingerprint density at radius 2 is 1.67 bits per heavy atom. The summed E-state index contributed by atoms with van der Waals surface area (Å²) in [5.74, 6) is 0. The molecule has 3 amide bonds. The number of benzene rings is 2. The van der Waals surface area contributed by atoms with Gasteiger partial charge in [-0.15, -0.1) is 0 Å². The van der Waals surface area contributed by atoms with Crippen molar-refractivity contribution in [1.29, 1.82) is 0 Å². The van der Waals surface area contributed by atoms with Crippen molar-refractivity contribution in [3.05, 3.63) is 63.7 Å². The zero-order valence-electron chi connectivity index (χ0n) is 19.1. The number of hydrogen-bond acceptors (Lipinski definition) is 3. The number of carbonyl (C=O) groups excluding carboxylic acids is 2. The molecule has 0 saturated carbocycles. The highest BCUT2D eigenvalue weighted by Gasteiger charge is 2.40. The van der Waals surface area contributed by atoms with E-state index in [2.05, 4.69) is 0 Å². The number of nitrogens with zero attached hydrogens (tertiary/aromatic N) is 2. The van der Waals surface area contributed by atoms with E-state index in [0.717, 1.165) is 4.90 Å². The fourth-order valence-corrected chi connectivity index (χ4v) is 4.40. The Kier molecular flexibility index (Phi) is 7.68. The van der Waals surface area contributed by atoms with Gasteiger partial charge in [0.1, 0.15) is 0 Å². The van der Waals surface area contributed by atoms with E-state index >= 15 is 0 Å². The van der Waals surface area contributed by atoms with Gasteiger partial charge in [-0.2, -0.15) is 26.3 Å². The second-order valence-corrected chi connectivity index (χ2v) is 8.69. The van der Waals surface area contributed by atoms with E-state index < -0.39 is 59.8 Å². The molecule has 0 bridgehead atoms. The quantitative estimate of drug-likeness (QED) is 0.438. The summed E-state index contributed by atoms with van der Waals surface area (Å²) in [6.07, 6.45) is -10.7. The lowest BCUT2D eigenvalue weighted by atomic mass is 9.90. The lowest BCUT2D eigenvalue weighted by Gasteiger charge is -2.42. The molecule has 0 fully saturated rings. The summed E-state index contributed by atoms with van der Waals surface area (Å²) in [5.41, 5.74) is 2.79. The van der Waals surface area contributed by atoms with Crippen molar-refractivity contribution in [2.75, 3.05) is 11.5 Å². The smallest absolute Gasteiger partial charge is 0.416 e. The van der Waals surface area contributed by atoms with Crippen molar-refractivity contribution in [2.45, 2.75) is 51.2 Å². The Morgan fingerprint density at radius 3 is 2.17 bits per heavy atom. The Bertz CT molecular complexity index is 1120. The van der Waals surface area contributed by atoms with E-state index in [1.54, 1.807) is 13.8 Å². The number of hydrogen-bond donors (Lipinski definition) is 1. The highest BCUT2D eigenvalue weighted by atomic mass is 35.5. The molecular formula is C23H22ClF6N3O3. The van der Waals surface area contributed by atoms with Gasteiger partial charge in [0, 0.05) is 23.2 Å². The Hall–Kier alpha value is -3.15. The molecule has 0 radical (unpaired) electrons. The summed E-state index contributed by atoms with van der Waals surface area (Å²) in [5, 5.41) is 0.236. The van der Waals surface area contributed by atoms with E-state index in [1.807, 2.05) is 0 Å². The normalized spacial score (nSPS) is 18.0. The van der Waals surface area contributed by atoms with Crippen molar-refractivity contribution in [3.8, 4) is 0 Å². The number of amides is 3. The SMILES string of the molecule is CCOC(=O)N1c2ccc(Cl)cc2C(N(Cc2cc(C(F)(F)F)cc(C(F)(F)F)c2)C(N)=O)CC1C. The molecular weight excluding hydrogens is 516 g/mol. The topological polar surface area (TPSA) is 75.9 Å². The molecule has 1 heterocycles. The summed E-state index contributed by atoms with van der Waals surface area (Å²) in [4.78, 5) is 27.3. The lowest BCUT2D eigenvalue weighted by Crippen LogP contribution is -2.48. The zero-order valence-corrected chi connectivity index (χ0v) is 19.8. The number of ether oxygens (including phenoxy) is 1. The molecule has 2 aromatic rings. The minimum atomic E-state index is -5.05. The molecule has 2 N–H and O–H groups in total. The minimum absolute atomic E-state index is 0.00703. The van der Waals surface area contributed by atoms with Crippen LogP contribution in [0.5, 0.6) is 0 Å². The third kappa shape index (κ3) is 5.80. The van der Waals surface area contributed by atoms with Crippen LogP contribution in [-0.4, -0.2) is 29.7 Å². The second kappa shape index (κ2) is 10.1. The van der Waals surface area contributed by atoms with E-state index in [1.165, 1.54) is 23.1 Å². The van der Waals surface area contributed by atoms with Crippen molar-refractivity contribution >= 4 is 29.4 Å². The van der Waals surface area contributed by atoms with Crippen molar-refractivity contribution < 1.29 is 40.7 Å². The summed E-state index contributed by atoms with van der Waals surface area (Å²) >= 11 is 6.13. The number of anilines is 1. The number of fused-ring (bicyclic) bond motifs is 1. The molecule has 1 aliphatic heterocycles. The average molecular weight is 538 g/mol. The van der Waals surface area contributed by atoms with Crippen LogP contribution in [0.15, 0.2) is 36.4 Å². The molecule has 2 aromatic carbocycles. The maximum atomic E-state index is 13.3. The number of urea groups is 1.